The van der Waals surface area contributed by atoms with Gasteiger partial charge in [0.15, 0.2) is 0 Å². The number of anilines is 1. The molecule has 4 rings (SSSR count). The molecule has 0 radical (unpaired) electrons. The third kappa shape index (κ3) is 5.41. The minimum atomic E-state index is -0.0201. The average Bonchev–Trinajstić information content (AvgIpc) is 2.81. The maximum Gasteiger partial charge on any atom is 0.142 e. The van der Waals surface area contributed by atoms with Gasteiger partial charge >= 0.3 is 0 Å². The Hall–Kier alpha value is -2.82. The Balaban J connectivity index is 1.29. The van der Waals surface area contributed by atoms with Crippen molar-refractivity contribution in [2.24, 2.45) is 0 Å². The van der Waals surface area contributed by atoms with E-state index in [1.165, 1.54) is 11.1 Å². The molecule has 0 aliphatic carbocycles. The van der Waals surface area contributed by atoms with Crippen molar-refractivity contribution < 1.29 is 9.47 Å². The lowest BCUT2D eigenvalue weighted by Gasteiger charge is -2.34. The number of likely N-dealkylation sites (tertiary alicyclic amines) is 1. The van der Waals surface area contributed by atoms with Gasteiger partial charge in [-0.15, -0.1) is 0 Å². The second-order valence-corrected chi connectivity index (χ2v) is 7.76. The number of para-hydroxylation sites is 2. The van der Waals surface area contributed by atoms with Crippen LogP contribution in [-0.4, -0.2) is 37.2 Å². The van der Waals surface area contributed by atoms with Crippen LogP contribution >= 0.6 is 0 Å². The van der Waals surface area contributed by atoms with E-state index in [1.807, 2.05) is 24.3 Å². The van der Waals surface area contributed by atoms with Gasteiger partial charge in [0.2, 0.25) is 0 Å². The zero-order valence-electron chi connectivity index (χ0n) is 17.3. The van der Waals surface area contributed by atoms with Gasteiger partial charge in [0.05, 0.1) is 11.8 Å². The predicted molar refractivity (Wildman–Crippen MR) is 122 cm³/mol. The number of benzene rings is 3. The summed E-state index contributed by atoms with van der Waals surface area (Å²) in [7, 11) is 0. The van der Waals surface area contributed by atoms with Gasteiger partial charge in [-0.3, -0.25) is 4.90 Å². The normalized spacial score (nSPS) is 15.4. The van der Waals surface area contributed by atoms with Crippen molar-refractivity contribution >= 4 is 5.69 Å². The molecule has 4 nitrogen and oxygen atoms in total. The molecule has 30 heavy (non-hydrogen) atoms. The van der Waals surface area contributed by atoms with Gasteiger partial charge in [-0.25, -0.2) is 0 Å². The van der Waals surface area contributed by atoms with Crippen LogP contribution in [0.4, 0.5) is 5.69 Å². The molecule has 1 aliphatic rings. The number of ether oxygens (including phenoxy) is 2. The van der Waals surface area contributed by atoms with Crippen LogP contribution in [0.15, 0.2) is 84.9 Å². The Labute approximate surface area is 179 Å². The molecule has 3 aromatic carbocycles. The van der Waals surface area contributed by atoms with Crippen molar-refractivity contribution in [2.75, 3.05) is 32.0 Å². The monoisotopic (exact) mass is 402 g/mol. The minimum absolute atomic E-state index is 0.0201. The summed E-state index contributed by atoms with van der Waals surface area (Å²) in [5.41, 5.74) is 9.05. The SMILES string of the molecule is Nc1ccccc1OCCN1CCC(OC(c2ccccc2)c2ccccc2)CC1. The van der Waals surface area contributed by atoms with Crippen LogP contribution in [0.5, 0.6) is 5.75 Å². The Bertz CT molecular complexity index is 854. The van der Waals surface area contributed by atoms with Gasteiger partial charge in [0.1, 0.15) is 18.5 Å². The maximum absolute atomic E-state index is 6.63. The van der Waals surface area contributed by atoms with E-state index in [0.29, 0.717) is 12.3 Å². The molecule has 1 saturated heterocycles. The van der Waals surface area contributed by atoms with E-state index in [-0.39, 0.29) is 12.2 Å². The Morgan fingerprint density at radius 3 is 1.97 bits per heavy atom. The fourth-order valence-electron chi connectivity index (χ4n) is 3.96. The molecule has 1 aliphatic heterocycles. The number of nitrogens with two attached hydrogens (primary N) is 1. The zero-order chi connectivity index (χ0) is 20.6. The number of nitrogen functional groups attached to an aromatic ring is 1. The van der Waals surface area contributed by atoms with Crippen molar-refractivity contribution in [2.45, 2.75) is 25.0 Å². The minimum Gasteiger partial charge on any atom is -0.490 e. The molecule has 1 heterocycles. The van der Waals surface area contributed by atoms with E-state index >= 15 is 0 Å². The van der Waals surface area contributed by atoms with Crippen molar-refractivity contribution in [3.05, 3.63) is 96.1 Å². The highest BCUT2D eigenvalue weighted by atomic mass is 16.5. The van der Waals surface area contributed by atoms with Gasteiger partial charge in [-0.2, -0.15) is 0 Å². The van der Waals surface area contributed by atoms with Crippen molar-refractivity contribution in [3.8, 4) is 5.75 Å². The van der Waals surface area contributed by atoms with Gasteiger partial charge in [0.25, 0.3) is 0 Å². The van der Waals surface area contributed by atoms with Crippen LogP contribution in [0.1, 0.15) is 30.1 Å². The number of rotatable bonds is 8. The maximum atomic E-state index is 6.63. The molecule has 0 spiro atoms. The van der Waals surface area contributed by atoms with E-state index in [2.05, 4.69) is 65.6 Å². The molecule has 0 saturated carbocycles. The van der Waals surface area contributed by atoms with Gasteiger partial charge in [-0.05, 0) is 36.1 Å². The first kappa shape index (κ1) is 20.5. The third-order valence-electron chi connectivity index (χ3n) is 5.65. The lowest BCUT2D eigenvalue weighted by Crippen LogP contribution is -2.39. The summed E-state index contributed by atoms with van der Waals surface area (Å²) in [4.78, 5) is 2.44. The van der Waals surface area contributed by atoms with Crippen molar-refractivity contribution in [3.63, 3.8) is 0 Å². The zero-order valence-corrected chi connectivity index (χ0v) is 17.3. The van der Waals surface area contributed by atoms with E-state index in [4.69, 9.17) is 15.2 Å². The first-order valence-electron chi connectivity index (χ1n) is 10.7. The molecule has 2 N–H and O–H groups in total. The molecule has 0 bridgehead atoms. The lowest BCUT2D eigenvalue weighted by molar-refractivity contribution is -0.0281. The smallest absolute Gasteiger partial charge is 0.142 e. The molecule has 0 unspecified atom stereocenters. The topological polar surface area (TPSA) is 47.7 Å². The molecular formula is C26H30N2O2. The fourth-order valence-corrected chi connectivity index (χ4v) is 3.96. The Kier molecular flexibility index (Phi) is 7.01. The Morgan fingerprint density at radius 1 is 0.800 bits per heavy atom. The summed E-state index contributed by atoms with van der Waals surface area (Å²) in [6, 6.07) is 28.7. The largest absolute Gasteiger partial charge is 0.490 e. The Morgan fingerprint density at radius 2 is 1.37 bits per heavy atom. The molecule has 156 valence electrons. The van der Waals surface area contributed by atoms with Crippen molar-refractivity contribution in [1.29, 1.82) is 0 Å². The summed E-state index contributed by atoms with van der Waals surface area (Å²) in [5.74, 6) is 0.768. The lowest BCUT2D eigenvalue weighted by atomic mass is 10.00. The summed E-state index contributed by atoms with van der Waals surface area (Å²) in [6.45, 7) is 3.60. The predicted octanol–water partition coefficient (Wildman–Crippen LogP) is 4.92. The van der Waals surface area contributed by atoms with Crippen LogP contribution < -0.4 is 10.5 Å². The van der Waals surface area contributed by atoms with Crippen LogP contribution in [0.2, 0.25) is 0 Å². The van der Waals surface area contributed by atoms with Crippen LogP contribution in [0, 0.1) is 0 Å². The van der Waals surface area contributed by atoms with Gasteiger partial charge in [0, 0.05) is 19.6 Å². The number of hydrogen-bond acceptors (Lipinski definition) is 4. The summed E-state index contributed by atoms with van der Waals surface area (Å²) >= 11 is 0. The molecule has 3 aromatic rings. The molecule has 4 heteroatoms. The number of hydrogen-bond donors (Lipinski definition) is 1. The summed E-state index contributed by atoms with van der Waals surface area (Å²) in [6.07, 6.45) is 2.30. The molecule has 0 atom stereocenters. The molecular weight excluding hydrogens is 372 g/mol. The first-order chi connectivity index (χ1) is 14.8. The second kappa shape index (κ2) is 10.3. The van der Waals surface area contributed by atoms with Crippen LogP contribution in [0.3, 0.4) is 0 Å². The van der Waals surface area contributed by atoms with Crippen LogP contribution in [0.25, 0.3) is 0 Å². The quantitative estimate of drug-likeness (QED) is 0.544. The first-order valence-corrected chi connectivity index (χ1v) is 10.7. The van der Waals surface area contributed by atoms with E-state index in [1.54, 1.807) is 0 Å². The third-order valence-corrected chi connectivity index (χ3v) is 5.65. The molecule has 1 fully saturated rings. The number of nitrogens with zero attached hydrogens (tertiary/aromatic N) is 1. The average molecular weight is 403 g/mol. The van der Waals surface area contributed by atoms with E-state index < -0.39 is 0 Å². The van der Waals surface area contributed by atoms with Crippen LogP contribution in [-0.2, 0) is 4.74 Å². The second-order valence-electron chi connectivity index (χ2n) is 7.76. The standard InChI is InChI=1S/C26H30N2O2/c27-24-13-7-8-14-25(24)29-20-19-28-17-15-23(16-18-28)30-26(21-9-3-1-4-10-21)22-11-5-2-6-12-22/h1-14,23,26H,15-20,27H2. The molecule has 0 amide bonds. The highest BCUT2D eigenvalue weighted by molar-refractivity contribution is 5.51. The van der Waals surface area contributed by atoms with Gasteiger partial charge in [-0.1, -0.05) is 72.8 Å². The summed E-state index contributed by atoms with van der Waals surface area (Å²) < 4.78 is 12.5. The van der Waals surface area contributed by atoms with E-state index in [9.17, 15) is 0 Å². The fraction of sp³-hybridized carbons (Fsp3) is 0.308. The highest BCUT2D eigenvalue weighted by Gasteiger charge is 2.24. The van der Waals surface area contributed by atoms with E-state index in [0.717, 1.165) is 38.2 Å². The van der Waals surface area contributed by atoms with Crippen molar-refractivity contribution in [1.82, 2.24) is 4.90 Å². The number of piperidine rings is 1. The van der Waals surface area contributed by atoms with Gasteiger partial charge < -0.3 is 15.2 Å². The summed E-state index contributed by atoms with van der Waals surface area (Å²) in [5, 5.41) is 0. The molecule has 0 aromatic heterocycles. The highest BCUT2D eigenvalue weighted by Crippen LogP contribution is 2.30.